The minimum Gasteiger partial charge on any atom is -0.503 e. The Morgan fingerprint density at radius 3 is 2.56 bits per heavy atom. The third-order valence-electron chi connectivity index (χ3n) is 4.10. The molecule has 136 valence electrons. The molecule has 0 unspecified atom stereocenters. The van der Waals surface area contributed by atoms with Crippen molar-refractivity contribution in [2.24, 2.45) is 0 Å². The van der Waals surface area contributed by atoms with Crippen LogP contribution < -0.4 is 4.90 Å². The Labute approximate surface area is 170 Å². The number of halogens is 1. The van der Waals surface area contributed by atoms with E-state index < -0.39 is 17.7 Å². The minimum atomic E-state index is -0.771. The molecule has 0 radical (unpaired) electrons. The lowest BCUT2D eigenvalue weighted by molar-refractivity contribution is -0.117. The molecule has 0 aliphatic carbocycles. The Balaban J connectivity index is 1.88. The summed E-state index contributed by atoms with van der Waals surface area (Å²) in [7, 11) is 0. The lowest BCUT2D eigenvalue weighted by Gasteiger charge is -2.24. The van der Waals surface area contributed by atoms with Gasteiger partial charge in [-0.25, -0.2) is 0 Å². The molecule has 0 saturated carbocycles. The highest BCUT2D eigenvalue weighted by molar-refractivity contribution is 9.10. The predicted octanol–water partition coefficient (Wildman–Crippen LogP) is 4.45. The van der Waals surface area contributed by atoms with Gasteiger partial charge in [0.2, 0.25) is 10.9 Å². The highest BCUT2D eigenvalue weighted by Gasteiger charge is 2.46. The van der Waals surface area contributed by atoms with E-state index in [-0.39, 0.29) is 11.4 Å². The number of hydrogen-bond acceptors (Lipinski definition) is 7. The standard InChI is InChI=1S/C18H12BrN3O3S2/c1-9-20-21-18(27-9)22-14(10-4-6-11(19)7-5-10)13(16(24)17(22)25)15(23)12-3-2-8-26-12/h2-8,14,24H,1H3/t14-/m0/s1. The van der Waals surface area contributed by atoms with Gasteiger partial charge in [-0.1, -0.05) is 45.5 Å². The first-order valence-electron chi connectivity index (χ1n) is 7.88. The number of aliphatic hydroxyl groups excluding tert-OH is 1. The van der Waals surface area contributed by atoms with Crippen LogP contribution in [-0.4, -0.2) is 27.0 Å². The van der Waals surface area contributed by atoms with Crippen molar-refractivity contribution in [2.45, 2.75) is 13.0 Å². The minimum absolute atomic E-state index is 0.0534. The van der Waals surface area contributed by atoms with Crippen LogP contribution in [0.5, 0.6) is 0 Å². The smallest absolute Gasteiger partial charge is 0.296 e. The fourth-order valence-electron chi connectivity index (χ4n) is 2.92. The lowest BCUT2D eigenvalue weighted by Crippen LogP contribution is -2.31. The lowest BCUT2D eigenvalue weighted by atomic mass is 9.96. The summed E-state index contributed by atoms with van der Waals surface area (Å²) in [5.74, 6) is -1.57. The van der Waals surface area contributed by atoms with E-state index in [4.69, 9.17) is 0 Å². The quantitative estimate of drug-likeness (QED) is 0.580. The fraction of sp³-hybridized carbons (Fsp3) is 0.111. The topological polar surface area (TPSA) is 83.4 Å². The highest BCUT2D eigenvalue weighted by Crippen LogP contribution is 2.43. The van der Waals surface area contributed by atoms with Gasteiger partial charge in [0.15, 0.2) is 5.76 Å². The number of carbonyl (C=O) groups is 2. The van der Waals surface area contributed by atoms with Crippen molar-refractivity contribution in [1.29, 1.82) is 0 Å². The fourth-order valence-corrected chi connectivity index (χ4v) is 4.58. The largest absolute Gasteiger partial charge is 0.503 e. The number of ketones is 1. The number of carbonyl (C=O) groups excluding carboxylic acids is 2. The number of benzene rings is 1. The Kier molecular flexibility index (Phi) is 4.67. The first kappa shape index (κ1) is 18.0. The summed E-state index contributed by atoms with van der Waals surface area (Å²) in [6.45, 7) is 1.78. The van der Waals surface area contributed by atoms with Gasteiger partial charge in [-0.3, -0.25) is 14.5 Å². The Morgan fingerprint density at radius 1 is 1.22 bits per heavy atom. The zero-order chi connectivity index (χ0) is 19.1. The molecule has 4 rings (SSSR count). The summed E-state index contributed by atoms with van der Waals surface area (Å²) in [5, 5.41) is 21.4. The predicted molar refractivity (Wildman–Crippen MR) is 107 cm³/mol. The van der Waals surface area contributed by atoms with Crippen LogP contribution in [0.4, 0.5) is 5.13 Å². The average Bonchev–Trinajstić information content (AvgIpc) is 3.37. The van der Waals surface area contributed by atoms with Crippen molar-refractivity contribution in [1.82, 2.24) is 10.2 Å². The Morgan fingerprint density at radius 2 is 1.96 bits per heavy atom. The van der Waals surface area contributed by atoms with E-state index in [9.17, 15) is 14.7 Å². The first-order chi connectivity index (χ1) is 13.0. The summed E-state index contributed by atoms with van der Waals surface area (Å²) < 4.78 is 0.869. The number of anilines is 1. The number of hydrogen-bond donors (Lipinski definition) is 1. The van der Waals surface area contributed by atoms with Crippen LogP contribution in [0, 0.1) is 6.92 Å². The number of aliphatic hydroxyl groups is 1. The molecular formula is C18H12BrN3O3S2. The summed E-state index contributed by atoms with van der Waals surface area (Å²) >= 11 is 5.88. The highest BCUT2D eigenvalue weighted by atomic mass is 79.9. The molecular weight excluding hydrogens is 450 g/mol. The van der Waals surface area contributed by atoms with Crippen molar-refractivity contribution < 1.29 is 14.7 Å². The maximum atomic E-state index is 13.1. The molecule has 3 heterocycles. The zero-order valence-corrected chi connectivity index (χ0v) is 17.1. The van der Waals surface area contributed by atoms with E-state index in [1.807, 2.05) is 24.3 Å². The van der Waals surface area contributed by atoms with Gasteiger partial charge in [-0.15, -0.1) is 21.5 Å². The van der Waals surface area contributed by atoms with Gasteiger partial charge in [0.05, 0.1) is 16.5 Å². The molecule has 1 amide bonds. The molecule has 1 atom stereocenters. The van der Waals surface area contributed by atoms with Crippen LogP contribution >= 0.6 is 38.6 Å². The zero-order valence-electron chi connectivity index (χ0n) is 13.9. The van der Waals surface area contributed by atoms with E-state index in [1.165, 1.54) is 27.6 Å². The number of rotatable bonds is 4. The van der Waals surface area contributed by atoms with Gasteiger partial charge in [0.1, 0.15) is 5.01 Å². The molecule has 0 fully saturated rings. The molecule has 27 heavy (non-hydrogen) atoms. The molecule has 6 nitrogen and oxygen atoms in total. The van der Waals surface area contributed by atoms with E-state index in [1.54, 1.807) is 24.4 Å². The van der Waals surface area contributed by atoms with Gasteiger partial charge < -0.3 is 5.11 Å². The van der Waals surface area contributed by atoms with Crippen LogP contribution in [0.2, 0.25) is 0 Å². The van der Waals surface area contributed by atoms with Crippen molar-refractivity contribution in [2.75, 3.05) is 4.90 Å². The number of aryl methyl sites for hydroxylation is 1. The van der Waals surface area contributed by atoms with E-state index >= 15 is 0 Å². The van der Waals surface area contributed by atoms with Crippen LogP contribution in [0.1, 0.15) is 26.3 Å². The van der Waals surface area contributed by atoms with Gasteiger partial charge in [0.25, 0.3) is 5.91 Å². The summed E-state index contributed by atoms with van der Waals surface area (Å²) in [6.07, 6.45) is 0. The van der Waals surface area contributed by atoms with E-state index in [0.29, 0.717) is 20.6 Å². The summed E-state index contributed by atoms with van der Waals surface area (Å²) in [4.78, 5) is 27.7. The van der Waals surface area contributed by atoms with Crippen LogP contribution in [0.15, 0.2) is 57.6 Å². The van der Waals surface area contributed by atoms with Gasteiger partial charge in [-0.2, -0.15) is 0 Å². The summed E-state index contributed by atoms with van der Waals surface area (Å²) in [5.41, 5.74) is 0.751. The molecule has 1 aliphatic rings. The van der Waals surface area contributed by atoms with E-state index in [0.717, 1.165) is 4.47 Å². The monoisotopic (exact) mass is 461 g/mol. The Bertz CT molecular complexity index is 1060. The van der Waals surface area contributed by atoms with Crippen molar-refractivity contribution in [3.05, 3.63) is 73.0 Å². The number of Topliss-reactive ketones (excluding diaryl/α,β-unsaturated/α-hetero) is 1. The van der Waals surface area contributed by atoms with Crippen LogP contribution in [0.25, 0.3) is 0 Å². The number of nitrogens with zero attached hydrogens (tertiary/aromatic N) is 3. The first-order valence-corrected chi connectivity index (χ1v) is 10.4. The number of amides is 1. The molecule has 3 aromatic rings. The van der Waals surface area contributed by atoms with E-state index in [2.05, 4.69) is 26.1 Å². The third-order valence-corrected chi connectivity index (χ3v) is 6.34. The van der Waals surface area contributed by atoms with Crippen molar-refractivity contribution in [3.8, 4) is 0 Å². The van der Waals surface area contributed by atoms with Crippen LogP contribution in [0.3, 0.4) is 0 Å². The molecule has 1 aromatic carbocycles. The second kappa shape index (κ2) is 6.99. The maximum Gasteiger partial charge on any atom is 0.296 e. The number of aromatic nitrogens is 2. The average molecular weight is 462 g/mol. The maximum absolute atomic E-state index is 13.1. The normalized spacial score (nSPS) is 17.0. The molecule has 0 saturated heterocycles. The second-order valence-corrected chi connectivity index (χ2v) is 8.83. The Hall–Kier alpha value is -2.36. The third kappa shape index (κ3) is 3.11. The molecule has 0 bridgehead atoms. The van der Waals surface area contributed by atoms with Gasteiger partial charge in [-0.05, 0) is 36.1 Å². The van der Waals surface area contributed by atoms with Crippen LogP contribution in [-0.2, 0) is 4.79 Å². The van der Waals surface area contributed by atoms with Gasteiger partial charge in [0, 0.05) is 4.47 Å². The summed E-state index contributed by atoms with van der Waals surface area (Å²) in [6, 6.07) is 9.93. The molecule has 9 heteroatoms. The van der Waals surface area contributed by atoms with Crippen molar-refractivity contribution >= 4 is 55.4 Å². The SMILES string of the molecule is Cc1nnc(N2C(=O)C(O)=C(C(=O)c3cccs3)[C@@H]2c2ccc(Br)cc2)s1. The second-order valence-electron chi connectivity index (χ2n) is 5.80. The van der Waals surface area contributed by atoms with Crippen molar-refractivity contribution in [3.63, 3.8) is 0 Å². The molecule has 0 spiro atoms. The number of thiophene rings is 1. The molecule has 2 aromatic heterocycles. The molecule has 1 N–H and O–H groups in total. The van der Waals surface area contributed by atoms with Gasteiger partial charge >= 0.3 is 0 Å². The molecule has 1 aliphatic heterocycles.